The summed E-state index contributed by atoms with van der Waals surface area (Å²) in [5.74, 6) is -1.14. The quantitative estimate of drug-likeness (QED) is 0.0927. The van der Waals surface area contributed by atoms with Crippen LogP contribution in [0.1, 0.15) is 43.2 Å². The number of carbonyl (C=O) groups excluding carboxylic acids is 1. The number of hydrogen-bond acceptors (Lipinski definition) is 7. The first-order chi connectivity index (χ1) is 22.8. The molecule has 1 aromatic heterocycles. The monoisotopic (exact) mass is 691 g/mol. The molecule has 5 rings (SSSR count). The fourth-order valence-electron chi connectivity index (χ4n) is 5.87. The maximum atomic E-state index is 14.4. The van der Waals surface area contributed by atoms with Gasteiger partial charge in [-0.1, -0.05) is 43.1 Å². The predicted molar refractivity (Wildman–Crippen MR) is 183 cm³/mol. The molecule has 1 amide bonds. The lowest BCUT2D eigenvalue weighted by Gasteiger charge is -2.34. The number of anilines is 2. The summed E-state index contributed by atoms with van der Waals surface area (Å²) in [5.41, 5.74) is 3.74. The number of benzene rings is 3. The minimum Gasteiger partial charge on any atom is -0.483 e. The lowest BCUT2D eigenvalue weighted by atomic mass is 9.76. The second kappa shape index (κ2) is 17.3. The number of amides is 1. The first-order valence-corrected chi connectivity index (χ1v) is 15.6. The topological polar surface area (TPSA) is 109 Å². The summed E-state index contributed by atoms with van der Waals surface area (Å²) >= 11 is 3.54. The molecule has 9 nitrogen and oxygen atoms in total. The molecule has 1 fully saturated rings. The molecule has 260 valence electrons. The summed E-state index contributed by atoms with van der Waals surface area (Å²) in [7, 11) is 7.66. The van der Waals surface area contributed by atoms with Crippen LogP contribution in [0.3, 0.4) is 0 Å². The first kappa shape index (κ1) is 38.3. The molecule has 48 heavy (non-hydrogen) atoms. The van der Waals surface area contributed by atoms with Crippen LogP contribution >= 0.6 is 12.8 Å². The fraction of sp³-hybridized carbons (Fsp3) is 0.382. The van der Waals surface area contributed by atoms with E-state index in [1.165, 1.54) is 0 Å². The summed E-state index contributed by atoms with van der Waals surface area (Å²) in [6, 6.07) is 16.6. The van der Waals surface area contributed by atoms with Crippen molar-refractivity contribution in [3.8, 4) is 11.1 Å². The number of aromatic nitrogens is 2. The maximum Gasteiger partial charge on any atom is 0.416 e. The van der Waals surface area contributed by atoms with Crippen molar-refractivity contribution in [2.75, 3.05) is 38.0 Å². The summed E-state index contributed by atoms with van der Waals surface area (Å²) in [6.45, 7) is 2.13. The van der Waals surface area contributed by atoms with Crippen LogP contribution in [0, 0.1) is 11.7 Å². The van der Waals surface area contributed by atoms with Crippen molar-refractivity contribution in [3.05, 3.63) is 77.6 Å². The summed E-state index contributed by atoms with van der Waals surface area (Å²) in [5, 5.41) is 9.39. The Balaban J connectivity index is 0.000000969. The smallest absolute Gasteiger partial charge is 0.416 e. The van der Waals surface area contributed by atoms with Gasteiger partial charge in [0.15, 0.2) is 0 Å². The normalized spacial score (nSPS) is 17.4. The minimum absolute atomic E-state index is 0.0264. The number of thiol groups is 1. The SMILES string of the molecule is CCOC1CC(C(=O)Nc2ccc(C(F)(F)F)cc2F)CC(c2ccc(-c3ccc4c(c3)nc(N(C)C)n4C)cc2)C1.CNS.O=CO. The highest BCUT2D eigenvalue weighted by molar-refractivity contribution is 7.78. The third kappa shape index (κ3) is 9.70. The van der Waals surface area contributed by atoms with Gasteiger partial charge in [0.2, 0.25) is 11.9 Å². The van der Waals surface area contributed by atoms with Crippen molar-refractivity contribution < 1.29 is 37.0 Å². The van der Waals surface area contributed by atoms with Gasteiger partial charge in [-0.15, -0.1) is 0 Å². The molecule has 4 aromatic rings. The maximum absolute atomic E-state index is 14.4. The molecule has 1 saturated carbocycles. The number of carbonyl (C=O) groups is 2. The Hall–Kier alpha value is -4.14. The van der Waals surface area contributed by atoms with E-state index in [9.17, 15) is 22.4 Å². The number of carboxylic acid groups (broad SMARTS) is 1. The van der Waals surface area contributed by atoms with Crippen molar-refractivity contribution in [2.24, 2.45) is 13.0 Å². The van der Waals surface area contributed by atoms with Crippen LogP contribution in [0.2, 0.25) is 0 Å². The van der Waals surface area contributed by atoms with Gasteiger partial charge < -0.3 is 24.6 Å². The third-order valence-corrected chi connectivity index (χ3v) is 7.96. The fourth-order valence-corrected chi connectivity index (χ4v) is 5.87. The number of hydrogen-bond donors (Lipinski definition) is 4. The van der Waals surface area contributed by atoms with Crippen LogP contribution in [-0.4, -0.2) is 60.9 Å². The van der Waals surface area contributed by atoms with Crippen LogP contribution < -0.4 is 14.9 Å². The number of nitrogens with zero attached hydrogens (tertiary/aromatic N) is 3. The van der Waals surface area contributed by atoms with Crippen LogP contribution in [0.4, 0.5) is 29.2 Å². The predicted octanol–water partition coefficient (Wildman–Crippen LogP) is 7.14. The highest BCUT2D eigenvalue weighted by Gasteiger charge is 2.35. The second-order valence-electron chi connectivity index (χ2n) is 11.4. The number of fused-ring (bicyclic) bond motifs is 1. The van der Waals surface area contributed by atoms with Crippen molar-refractivity contribution in [1.29, 1.82) is 0 Å². The second-order valence-corrected chi connectivity index (χ2v) is 11.8. The van der Waals surface area contributed by atoms with Gasteiger partial charge in [-0.25, -0.2) is 9.37 Å². The lowest BCUT2D eigenvalue weighted by molar-refractivity contribution is -0.137. The molecule has 0 saturated heterocycles. The van der Waals surface area contributed by atoms with Crippen LogP contribution in [-0.2, 0) is 27.5 Å². The molecule has 1 aliphatic rings. The molecular weight excluding hydrogens is 650 g/mol. The van der Waals surface area contributed by atoms with E-state index < -0.39 is 29.4 Å². The number of ether oxygens (including phenoxy) is 1. The van der Waals surface area contributed by atoms with Crippen molar-refractivity contribution in [2.45, 2.75) is 44.4 Å². The zero-order valence-electron chi connectivity index (χ0n) is 27.4. The molecule has 0 radical (unpaired) electrons. The Bertz CT molecular complexity index is 1660. The number of halogens is 4. The van der Waals surface area contributed by atoms with Crippen LogP contribution in [0.25, 0.3) is 22.2 Å². The van der Waals surface area contributed by atoms with Gasteiger partial charge >= 0.3 is 6.18 Å². The molecule has 3 unspecified atom stereocenters. The highest BCUT2D eigenvalue weighted by atomic mass is 32.1. The van der Waals surface area contributed by atoms with E-state index in [2.05, 4.69) is 69.9 Å². The van der Waals surface area contributed by atoms with Gasteiger partial charge in [0, 0.05) is 33.7 Å². The average molecular weight is 692 g/mol. The van der Waals surface area contributed by atoms with E-state index in [1.54, 1.807) is 7.05 Å². The number of aryl methyl sites for hydroxylation is 1. The summed E-state index contributed by atoms with van der Waals surface area (Å²) in [4.78, 5) is 28.3. The molecule has 1 heterocycles. The minimum atomic E-state index is -4.67. The molecule has 14 heteroatoms. The summed E-state index contributed by atoms with van der Waals surface area (Å²) in [6.07, 6.45) is -3.13. The Labute approximate surface area is 282 Å². The van der Waals surface area contributed by atoms with E-state index in [0.29, 0.717) is 25.5 Å². The van der Waals surface area contributed by atoms with Crippen molar-refractivity contribution in [3.63, 3.8) is 0 Å². The molecule has 3 N–H and O–H groups in total. The molecule has 3 aromatic carbocycles. The zero-order valence-corrected chi connectivity index (χ0v) is 28.3. The zero-order chi connectivity index (χ0) is 35.6. The largest absolute Gasteiger partial charge is 0.483 e. The Morgan fingerprint density at radius 3 is 2.27 bits per heavy atom. The van der Waals surface area contributed by atoms with Crippen LogP contribution in [0.15, 0.2) is 60.7 Å². The molecule has 0 aliphatic heterocycles. The number of imidazole rings is 1. The van der Waals surface area contributed by atoms with Gasteiger partial charge in [-0.2, -0.15) is 13.2 Å². The van der Waals surface area contributed by atoms with Crippen molar-refractivity contribution in [1.82, 2.24) is 14.3 Å². The van der Waals surface area contributed by atoms with Gasteiger partial charge in [0.05, 0.1) is 28.4 Å². The van der Waals surface area contributed by atoms with E-state index >= 15 is 0 Å². The molecule has 0 spiro atoms. The molecule has 1 aliphatic carbocycles. The number of nitrogens with one attached hydrogen (secondary N) is 2. The number of alkyl halides is 3. The lowest BCUT2D eigenvalue weighted by Crippen LogP contribution is -2.35. The average Bonchev–Trinajstić information content (AvgIpc) is 3.38. The van der Waals surface area contributed by atoms with Gasteiger partial charge in [-0.05, 0) is 86.2 Å². The number of rotatable bonds is 7. The molecule has 3 atom stereocenters. The standard InChI is InChI=1S/C32H34F4N4O2.CH5NS.CH2O2/c1-5-42-25-15-22(14-23(16-25)30(41)37-27-12-11-24(18-26(27)33)32(34,35)36)20-8-6-19(7-9-20)21-10-13-29-28(17-21)38-31(39(2)3)40(29)4;1-2-3;2-1-3/h6-13,17-18,22-23,25H,5,14-16H2,1-4H3,(H,37,41);2-3H,1H3;1H,(H,2,3). The van der Waals surface area contributed by atoms with E-state index in [1.807, 2.05) is 33.0 Å². The third-order valence-electron chi connectivity index (χ3n) is 7.96. The highest BCUT2D eigenvalue weighted by Crippen LogP contribution is 2.39. The Morgan fingerprint density at radius 1 is 1.08 bits per heavy atom. The van der Waals surface area contributed by atoms with E-state index in [-0.39, 0.29) is 24.2 Å². The Morgan fingerprint density at radius 2 is 1.71 bits per heavy atom. The van der Waals surface area contributed by atoms with Gasteiger partial charge in [0.1, 0.15) is 5.82 Å². The molecular formula is C34H41F4N5O4S. The molecule has 0 bridgehead atoms. The van der Waals surface area contributed by atoms with Gasteiger partial charge in [-0.3, -0.25) is 14.3 Å². The van der Waals surface area contributed by atoms with Crippen molar-refractivity contribution >= 4 is 47.9 Å². The van der Waals surface area contributed by atoms with Gasteiger partial charge in [0.25, 0.3) is 6.47 Å². The van der Waals surface area contributed by atoms with E-state index in [0.717, 1.165) is 52.2 Å². The first-order valence-electron chi connectivity index (χ1n) is 15.2. The van der Waals surface area contributed by atoms with Crippen LogP contribution in [0.5, 0.6) is 0 Å². The Kier molecular flexibility index (Phi) is 13.8. The van der Waals surface area contributed by atoms with E-state index in [4.69, 9.17) is 19.6 Å². The summed E-state index contributed by atoms with van der Waals surface area (Å²) < 4.78 is 63.6.